The molecule has 2 aliphatic rings. The van der Waals surface area contributed by atoms with E-state index in [9.17, 15) is 14.4 Å². The molecule has 1 atom stereocenters. The first-order valence-electron chi connectivity index (χ1n) is 12.6. The Morgan fingerprint density at radius 2 is 1.74 bits per heavy atom. The second-order valence-electron chi connectivity index (χ2n) is 9.57. The molecular formula is C27H29N5O5S. The molecule has 0 saturated carbocycles. The first-order chi connectivity index (χ1) is 18.4. The summed E-state index contributed by atoms with van der Waals surface area (Å²) in [5, 5.41) is 14.0. The highest BCUT2D eigenvalue weighted by Gasteiger charge is 2.28. The van der Waals surface area contributed by atoms with Crippen LogP contribution >= 0.6 is 11.3 Å². The van der Waals surface area contributed by atoms with E-state index in [0.29, 0.717) is 36.7 Å². The van der Waals surface area contributed by atoms with Crippen LogP contribution in [0.5, 0.6) is 11.5 Å². The van der Waals surface area contributed by atoms with E-state index in [1.165, 1.54) is 5.56 Å². The molecule has 0 aliphatic carbocycles. The molecule has 1 fully saturated rings. The van der Waals surface area contributed by atoms with Crippen molar-refractivity contribution in [3.63, 3.8) is 0 Å². The zero-order valence-corrected chi connectivity index (χ0v) is 22.0. The number of fused-ring (bicyclic) bond motifs is 1. The van der Waals surface area contributed by atoms with Crippen LogP contribution in [0.3, 0.4) is 0 Å². The predicted molar refractivity (Wildman–Crippen MR) is 141 cm³/mol. The Bertz CT molecular complexity index is 1330. The summed E-state index contributed by atoms with van der Waals surface area (Å²) in [6.45, 7) is 5.22. The van der Waals surface area contributed by atoms with Gasteiger partial charge in [0.05, 0.1) is 6.04 Å². The van der Waals surface area contributed by atoms with Crippen molar-refractivity contribution < 1.29 is 23.9 Å². The molecule has 2 aromatic carbocycles. The van der Waals surface area contributed by atoms with E-state index < -0.39 is 5.91 Å². The molecule has 2 aliphatic heterocycles. The molecule has 1 aromatic heterocycles. The van der Waals surface area contributed by atoms with E-state index in [2.05, 4.69) is 20.8 Å². The molecule has 0 spiro atoms. The maximum absolute atomic E-state index is 13.0. The van der Waals surface area contributed by atoms with Crippen LogP contribution in [0.15, 0.2) is 42.5 Å². The number of aryl methyl sites for hydroxylation is 1. The lowest BCUT2D eigenvalue weighted by molar-refractivity contribution is -0.122. The molecule has 0 radical (unpaired) electrons. The number of hydrogen-bond donors (Lipinski definition) is 2. The average Bonchev–Trinajstić information content (AvgIpc) is 3.59. The van der Waals surface area contributed by atoms with Crippen LogP contribution in [0.2, 0.25) is 0 Å². The molecule has 1 saturated heterocycles. The van der Waals surface area contributed by atoms with Gasteiger partial charge in [-0.2, -0.15) is 0 Å². The summed E-state index contributed by atoms with van der Waals surface area (Å²) in [6, 6.07) is 13.2. The van der Waals surface area contributed by atoms with Gasteiger partial charge in [-0.05, 0) is 50.3 Å². The van der Waals surface area contributed by atoms with Crippen LogP contribution in [-0.4, -0.2) is 52.7 Å². The van der Waals surface area contributed by atoms with E-state index in [1.54, 1.807) is 23.1 Å². The highest BCUT2D eigenvalue weighted by molar-refractivity contribution is 7.15. The Hall–Kier alpha value is -3.99. The normalized spacial score (nSPS) is 15.7. The van der Waals surface area contributed by atoms with E-state index in [-0.39, 0.29) is 40.6 Å². The third kappa shape index (κ3) is 5.94. The lowest BCUT2D eigenvalue weighted by Crippen LogP contribution is -2.39. The quantitative estimate of drug-likeness (QED) is 0.470. The summed E-state index contributed by atoms with van der Waals surface area (Å²) >= 11 is 0.959. The number of hydrogen-bond acceptors (Lipinski definition) is 8. The number of piperidine rings is 1. The van der Waals surface area contributed by atoms with Gasteiger partial charge in [-0.1, -0.05) is 41.2 Å². The molecule has 198 valence electrons. The van der Waals surface area contributed by atoms with Crippen LogP contribution in [0.1, 0.15) is 63.0 Å². The Morgan fingerprint density at radius 1 is 1.03 bits per heavy atom. The van der Waals surface area contributed by atoms with Crippen molar-refractivity contribution in [2.45, 2.75) is 39.2 Å². The highest BCUT2D eigenvalue weighted by atomic mass is 32.1. The van der Waals surface area contributed by atoms with E-state index in [4.69, 9.17) is 9.47 Å². The Balaban J connectivity index is 1.09. The molecule has 11 heteroatoms. The van der Waals surface area contributed by atoms with Gasteiger partial charge in [0.25, 0.3) is 11.8 Å². The number of carbonyl (C=O) groups excluding carboxylic acids is 3. The molecule has 38 heavy (non-hydrogen) atoms. The van der Waals surface area contributed by atoms with Gasteiger partial charge in [0, 0.05) is 31.3 Å². The van der Waals surface area contributed by atoms with E-state index in [0.717, 1.165) is 29.7 Å². The third-order valence-corrected chi connectivity index (χ3v) is 7.67. The van der Waals surface area contributed by atoms with Crippen molar-refractivity contribution in [1.82, 2.24) is 20.4 Å². The lowest BCUT2D eigenvalue weighted by atomic mass is 9.93. The Morgan fingerprint density at radius 3 is 2.50 bits per heavy atom. The second kappa shape index (κ2) is 11.2. The number of carbonyl (C=O) groups is 3. The molecule has 3 aromatic rings. The molecule has 10 nitrogen and oxygen atoms in total. The Labute approximate surface area is 224 Å². The van der Waals surface area contributed by atoms with Crippen LogP contribution in [0.25, 0.3) is 0 Å². The summed E-state index contributed by atoms with van der Waals surface area (Å²) in [5.74, 6) is 0.697. The second-order valence-corrected chi connectivity index (χ2v) is 10.6. The Kier molecular flexibility index (Phi) is 7.54. The average molecular weight is 536 g/mol. The first-order valence-corrected chi connectivity index (χ1v) is 13.4. The monoisotopic (exact) mass is 535 g/mol. The van der Waals surface area contributed by atoms with Gasteiger partial charge >= 0.3 is 0 Å². The summed E-state index contributed by atoms with van der Waals surface area (Å²) in [4.78, 5) is 39.9. The summed E-state index contributed by atoms with van der Waals surface area (Å²) in [6.07, 6.45) is 1.89. The standard InChI is InChI=1S/C27H29N5O5S/c1-16-3-5-19(6-4-16)17(2)28-23(33)13-18-9-11-32(12-10-18)27(35)26-31-30-25(38-26)24(34)29-20-7-8-21-22(14-20)37-15-36-21/h3-8,14,17-18H,9-13,15H2,1-2H3,(H,28,33)(H,29,34). The zero-order chi connectivity index (χ0) is 26.6. The topological polar surface area (TPSA) is 123 Å². The molecule has 0 bridgehead atoms. The molecule has 3 heterocycles. The van der Waals surface area contributed by atoms with Crippen LogP contribution in [-0.2, 0) is 4.79 Å². The molecule has 5 rings (SSSR count). The van der Waals surface area contributed by atoms with Gasteiger partial charge in [-0.15, -0.1) is 10.2 Å². The van der Waals surface area contributed by atoms with Crippen molar-refractivity contribution >= 4 is 34.7 Å². The number of ether oxygens (including phenoxy) is 2. The lowest BCUT2D eigenvalue weighted by Gasteiger charge is -2.31. The fourth-order valence-electron chi connectivity index (χ4n) is 4.54. The highest BCUT2D eigenvalue weighted by Crippen LogP contribution is 2.34. The van der Waals surface area contributed by atoms with Crippen molar-refractivity contribution in [2.75, 3.05) is 25.2 Å². The van der Waals surface area contributed by atoms with Crippen molar-refractivity contribution in [2.24, 2.45) is 5.92 Å². The van der Waals surface area contributed by atoms with Gasteiger partial charge < -0.3 is 25.0 Å². The van der Waals surface area contributed by atoms with Gasteiger partial charge in [0.2, 0.25) is 22.7 Å². The molecule has 1 unspecified atom stereocenters. The fraction of sp³-hybridized carbons (Fsp3) is 0.370. The maximum Gasteiger partial charge on any atom is 0.286 e. The van der Waals surface area contributed by atoms with E-state index in [1.807, 2.05) is 38.1 Å². The number of amides is 3. The summed E-state index contributed by atoms with van der Waals surface area (Å²) in [7, 11) is 0. The molecule has 2 N–H and O–H groups in total. The maximum atomic E-state index is 13.0. The van der Waals surface area contributed by atoms with Crippen molar-refractivity contribution in [3.05, 3.63) is 63.6 Å². The number of aromatic nitrogens is 2. The van der Waals surface area contributed by atoms with Gasteiger partial charge in [-0.3, -0.25) is 14.4 Å². The van der Waals surface area contributed by atoms with Crippen molar-refractivity contribution in [1.29, 1.82) is 0 Å². The fourth-order valence-corrected chi connectivity index (χ4v) is 5.24. The predicted octanol–water partition coefficient (Wildman–Crippen LogP) is 3.95. The van der Waals surface area contributed by atoms with Gasteiger partial charge in [0.1, 0.15) is 0 Å². The molecular weight excluding hydrogens is 506 g/mol. The van der Waals surface area contributed by atoms with E-state index >= 15 is 0 Å². The number of benzene rings is 2. The number of rotatable bonds is 7. The minimum Gasteiger partial charge on any atom is -0.454 e. The minimum atomic E-state index is -0.454. The summed E-state index contributed by atoms with van der Waals surface area (Å²) < 4.78 is 10.6. The van der Waals surface area contributed by atoms with Gasteiger partial charge in [-0.25, -0.2) is 0 Å². The number of nitrogens with zero attached hydrogens (tertiary/aromatic N) is 3. The summed E-state index contributed by atoms with van der Waals surface area (Å²) in [5.41, 5.74) is 2.79. The smallest absolute Gasteiger partial charge is 0.286 e. The SMILES string of the molecule is Cc1ccc(C(C)NC(=O)CC2CCN(C(=O)c3nnc(C(=O)Nc4ccc5c(c4)OCO5)s3)CC2)cc1. The minimum absolute atomic E-state index is 0.0186. The molecule has 3 amide bonds. The van der Waals surface area contributed by atoms with Crippen LogP contribution < -0.4 is 20.1 Å². The number of anilines is 1. The largest absolute Gasteiger partial charge is 0.454 e. The number of likely N-dealkylation sites (tertiary alicyclic amines) is 1. The zero-order valence-electron chi connectivity index (χ0n) is 21.2. The number of nitrogens with one attached hydrogen (secondary N) is 2. The van der Waals surface area contributed by atoms with Crippen LogP contribution in [0.4, 0.5) is 5.69 Å². The third-order valence-electron chi connectivity index (χ3n) is 6.76. The van der Waals surface area contributed by atoms with Crippen LogP contribution in [0, 0.1) is 12.8 Å². The first kappa shape index (κ1) is 25.7. The van der Waals surface area contributed by atoms with Crippen molar-refractivity contribution in [3.8, 4) is 11.5 Å². The van der Waals surface area contributed by atoms with Gasteiger partial charge in [0.15, 0.2) is 11.5 Å².